The van der Waals surface area contributed by atoms with Crippen molar-refractivity contribution in [2.75, 3.05) is 18.6 Å². The summed E-state index contributed by atoms with van der Waals surface area (Å²) in [4.78, 5) is 13.5. The minimum Gasteiger partial charge on any atom is -0.497 e. The van der Waals surface area contributed by atoms with Crippen molar-refractivity contribution in [2.45, 2.75) is 13.8 Å². The minimum atomic E-state index is -0.195. The van der Waals surface area contributed by atoms with Crippen molar-refractivity contribution in [2.24, 2.45) is 5.41 Å². The van der Waals surface area contributed by atoms with Crippen LogP contribution in [0.2, 0.25) is 0 Å². The third kappa shape index (κ3) is 1.58. The standard InChI is InChI=1S/C12H15NO2/c1-12(2)8-13(11(12)14)9-4-6-10(15-3)7-5-9/h4-7H,8H2,1-3H3. The maximum absolute atomic E-state index is 11.7. The van der Waals surface area contributed by atoms with Crippen LogP contribution in [-0.4, -0.2) is 19.6 Å². The van der Waals surface area contributed by atoms with Gasteiger partial charge in [0.1, 0.15) is 5.75 Å². The highest BCUT2D eigenvalue weighted by Crippen LogP contribution is 2.35. The first-order valence-corrected chi connectivity index (χ1v) is 5.00. The van der Waals surface area contributed by atoms with Gasteiger partial charge in [-0.25, -0.2) is 0 Å². The molecule has 80 valence electrons. The van der Waals surface area contributed by atoms with E-state index in [4.69, 9.17) is 4.74 Å². The predicted octanol–water partition coefficient (Wildman–Crippen LogP) is 2.07. The number of methoxy groups -OCH3 is 1. The second-order valence-corrected chi connectivity index (χ2v) is 4.47. The quantitative estimate of drug-likeness (QED) is 0.692. The fraction of sp³-hybridized carbons (Fsp3) is 0.417. The number of β-lactam (4-membered cyclic amide) rings is 1. The van der Waals surface area contributed by atoms with Crippen LogP contribution in [0.5, 0.6) is 5.75 Å². The molecule has 0 bridgehead atoms. The molecule has 0 saturated carbocycles. The van der Waals surface area contributed by atoms with Gasteiger partial charge in [-0.15, -0.1) is 0 Å². The topological polar surface area (TPSA) is 29.5 Å². The molecular weight excluding hydrogens is 190 g/mol. The first-order valence-electron chi connectivity index (χ1n) is 5.00. The molecule has 1 aromatic carbocycles. The van der Waals surface area contributed by atoms with Gasteiger partial charge in [-0.3, -0.25) is 4.79 Å². The molecule has 2 rings (SSSR count). The Hall–Kier alpha value is -1.51. The largest absolute Gasteiger partial charge is 0.497 e. The van der Waals surface area contributed by atoms with Gasteiger partial charge in [-0.2, -0.15) is 0 Å². The van der Waals surface area contributed by atoms with E-state index in [-0.39, 0.29) is 11.3 Å². The first-order chi connectivity index (χ1) is 7.04. The summed E-state index contributed by atoms with van der Waals surface area (Å²) in [6, 6.07) is 7.56. The number of rotatable bonds is 2. The Bertz CT molecular complexity index is 381. The van der Waals surface area contributed by atoms with E-state index in [0.717, 1.165) is 18.0 Å². The maximum atomic E-state index is 11.7. The molecule has 0 aliphatic carbocycles. The van der Waals surface area contributed by atoms with Gasteiger partial charge in [0.25, 0.3) is 0 Å². The highest BCUT2D eigenvalue weighted by atomic mass is 16.5. The lowest BCUT2D eigenvalue weighted by molar-refractivity contribution is -0.132. The average molecular weight is 205 g/mol. The van der Waals surface area contributed by atoms with Gasteiger partial charge < -0.3 is 9.64 Å². The van der Waals surface area contributed by atoms with E-state index in [1.807, 2.05) is 38.1 Å². The summed E-state index contributed by atoms with van der Waals surface area (Å²) in [5.41, 5.74) is 0.750. The molecular formula is C12H15NO2. The molecule has 1 amide bonds. The van der Waals surface area contributed by atoms with E-state index in [0.29, 0.717) is 0 Å². The van der Waals surface area contributed by atoms with Gasteiger partial charge >= 0.3 is 0 Å². The first kappa shape index (κ1) is 10.0. The lowest BCUT2D eigenvalue weighted by Crippen LogP contribution is -2.58. The number of carbonyl (C=O) groups excluding carboxylic acids is 1. The molecule has 0 spiro atoms. The van der Waals surface area contributed by atoms with Crippen molar-refractivity contribution in [3.8, 4) is 5.75 Å². The number of ether oxygens (including phenoxy) is 1. The fourth-order valence-electron chi connectivity index (χ4n) is 1.78. The number of hydrogen-bond acceptors (Lipinski definition) is 2. The zero-order valence-corrected chi connectivity index (χ0v) is 9.28. The van der Waals surface area contributed by atoms with Gasteiger partial charge in [0, 0.05) is 12.2 Å². The lowest BCUT2D eigenvalue weighted by atomic mass is 9.83. The Morgan fingerprint density at radius 2 is 1.87 bits per heavy atom. The molecule has 1 fully saturated rings. The molecule has 3 nitrogen and oxygen atoms in total. The number of anilines is 1. The molecule has 1 heterocycles. The maximum Gasteiger partial charge on any atom is 0.234 e. The van der Waals surface area contributed by atoms with E-state index in [1.165, 1.54) is 0 Å². The van der Waals surface area contributed by atoms with Crippen LogP contribution < -0.4 is 9.64 Å². The van der Waals surface area contributed by atoms with Gasteiger partial charge in [0.15, 0.2) is 0 Å². The third-order valence-corrected chi connectivity index (χ3v) is 2.76. The Balaban J connectivity index is 2.16. The second-order valence-electron chi connectivity index (χ2n) is 4.47. The highest BCUT2D eigenvalue weighted by molar-refractivity contribution is 6.03. The number of carbonyl (C=O) groups is 1. The summed E-state index contributed by atoms with van der Waals surface area (Å²) < 4.78 is 5.06. The van der Waals surface area contributed by atoms with Crippen LogP contribution in [0, 0.1) is 5.41 Å². The minimum absolute atomic E-state index is 0.188. The van der Waals surface area contributed by atoms with Crippen molar-refractivity contribution in [3.05, 3.63) is 24.3 Å². The van der Waals surface area contributed by atoms with Gasteiger partial charge in [-0.05, 0) is 38.1 Å². The molecule has 3 heteroatoms. The number of benzene rings is 1. The van der Waals surface area contributed by atoms with Crippen molar-refractivity contribution in [1.29, 1.82) is 0 Å². The number of hydrogen-bond donors (Lipinski definition) is 0. The van der Waals surface area contributed by atoms with Gasteiger partial charge in [0.2, 0.25) is 5.91 Å². The van der Waals surface area contributed by atoms with Crippen LogP contribution >= 0.6 is 0 Å². The zero-order chi connectivity index (χ0) is 11.1. The molecule has 0 unspecified atom stereocenters. The van der Waals surface area contributed by atoms with E-state index in [9.17, 15) is 4.79 Å². The molecule has 0 atom stereocenters. The van der Waals surface area contributed by atoms with Crippen LogP contribution in [0.3, 0.4) is 0 Å². The zero-order valence-electron chi connectivity index (χ0n) is 9.28. The Morgan fingerprint density at radius 1 is 1.27 bits per heavy atom. The van der Waals surface area contributed by atoms with Crippen LogP contribution in [-0.2, 0) is 4.79 Å². The van der Waals surface area contributed by atoms with E-state index < -0.39 is 0 Å². The molecule has 15 heavy (non-hydrogen) atoms. The highest BCUT2D eigenvalue weighted by Gasteiger charge is 2.44. The Labute approximate surface area is 89.7 Å². The summed E-state index contributed by atoms with van der Waals surface area (Å²) in [6.07, 6.45) is 0. The summed E-state index contributed by atoms with van der Waals surface area (Å²) in [7, 11) is 1.63. The number of nitrogens with zero attached hydrogens (tertiary/aromatic N) is 1. The number of amides is 1. The smallest absolute Gasteiger partial charge is 0.234 e. The van der Waals surface area contributed by atoms with Crippen molar-refractivity contribution in [1.82, 2.24) is 0 Å². The van der Waals surface area contributed by atoms with Gasteiger partial charge in [-0.1, -0.05) is 0 Å². The second kappa shape index (κ2) is 3.26. The lowest BCUT2D eigenvalue weighted by Gasteiger charge is -2.44. The summed E-state index contributed by atoms with van der Waals surface area (Å²) in [6.45, 7) is 4.73. The molecule has 1 aliphatic heterocycles. The van der Waals surface area contributed by atoms with Crippen LogP contribution in [0.1, 0.15) is 13.8 Å². The molecule has 0 N–H and O–H groups in total. The summed E-state index contributed by atoms with van der Waals surface area (Å²) in [5.74, 6) is 0.999. The molecule has 1 aromatic rings. The van der Waals surface area contributed by atoms with Crippen molar-refractivity contribution >= 4 is 11.6 Å². The SMILES string of the molecule is COc1ccc(N2CC(C)(C)C2=O)cc1. The van der Waals surface area contributed by atoms with E-state index in [2.05, 4.69) is 0 Å². The van der Waals surface area contributed by atoms with Crippen molar-refractivity contribution < 1.29 is 9.53 Å². The fourth-order valence-corrected chi connectivity index (χ4v) is 1.78. The van der Waals surface area contributed by atoms with E-state index >= 15 is 0 Å². The normalized spacial score (nSPS) is 18.6. The molecule has 0 radical (unpaired) electrons. The summed E-state index contributed by atoms with van der Waals surface area (Å²) >= 11 is 0. The van der Waals surface area contributed by atoms with Crippen LogP contribution in [0.15, 0.2) is 24.3 Å². The predicted molar refractivity (Wildman–Crippen MR) is 59.1 cm³/mol. The monoisotopic (exact) mass is 205 g/mol. The van der Waals surface area contributed by atoms with E-state index in [1.54, 1.807) is 12.0 Å². The average Bonchev–Trinajstić information content (AvgIpc) is 2.26. The third-order valence-electron chi connectivity index (χ3n) is 2.76. The van der Waals surface area contributed by atoms with Crippen LogP contribution in [0.25, 0.3) is 0 Å². The Morgan fingerprint density at radius 3 is 2.27 bits per heavy atom. The van der Waals surface area contributed by atoms with Gasteiger partial charge in [0.05, 0.1) is 12.5 Å². The molecule has 1 aliphatic rings. The Kier molecular flexibility index (Phi) is 2.18. The summed E-state index contributed by atoms with van der Waals surface area (Å²) in [5, 5.41) is 0. The molecule has 1 saturated heterocycles. The van der Waals surface area contributed by atoms with Crippen LogP contribution in [0.4, 0.5) is 5.69 Å². The van der Waals surface area contributed by atoms with Crippen molar-refractivity contribution in [3.63, 3.8) is 0 Å². The molecule has 0 aromatic heterocycles.